The molecule has 0 spiro atoms. The van der Waals surface area contributed by atoms with Gasteiger partial charge in [-0.2, -0.15) is 9.40 Å². The summed E-state index contributed by atoms with van der Waals surface area (Å²) in [6.45, 7) is 8.56. The van der Waals surface area contributed by atoms with Gasteiger partial charge in [0.25, 0.3) is 0 Å². The highest BCUT2D eigenvalue weighted by molar-refractivity contribution is 7.89. The van der Waals surface area contributed by atoms with E-state index in [1.807, 2.05) is 13.8 Å². The van der Waals surface area contributed by atoms with Crippen LogP contribution >= 0.6 is 0 Å². The molecule has 0 amide bonds. The first-order valence-corrected chi connectivity index (χ1v) is 8.86. The van der Waals surface area contributed by atoms with Crippen LogP contribution in [0.1, 0.15) is 36.5 Å². The molecular formula is C14H23N3O4S. The molecule has 0 atom stereocenters. The Morgan fingerprint density at radius 2 is 1.86 bits per heavy atom. The van der Waals surface area contributed by atoms with Crippen LogP contribution < -0.4 is 0 Å². The van der Waals surface area contributed by atoms with Crippen molar-refractivity contribution in [3.63, 3.8) is 0 Å². The minimum absolute atomic E-state index is 0.145. The third-order valence-corrected chi connectivity index (χ3v) is 5.76. The molecule has 22 heavy (non-hydrogen) atoms. The van der Waals surface area contributed by atoms with Crippen molar-refractivity contribution in [2.75, 3.05) is 26.3 Å². The molecule has 0 bridgehead atoms. The molecule has 0 aromatic carbocycles. The van der Waals surface area contributed by atoms with E-state index in [1.165, 1.54) is 8.99 Å². The van der Waals surface area contributed by atoms with Gasteiger partial charge in [-0.05, 0) is 19.8 Å². The van der Waals surface area contributed by atoms with E-state index >= 15 is 0 Å². The minimum atomic E-state index is -3.65. The highest BCUT2D eigenvalue weighted by Gasteiger charge is 2.33. The quantitative estimate of drug-likeness (QED) is 0.829. The molecule has 8 heteroatoms. The maximum atomic E-state index is 12.8. The van der Waals surface area contributed by atoms with Crippen molar-refractivity contribution in [1.82, 2.24) is 14.1 Å². The Morgan fingerprint density at radius 3 is 2.41 bits per heavy atom. The van der Waals surface area contributed by atoms with Crippen molar-refractivity contribution >= 4 is 15.9 Å². The van der Waals surface area contributed by atoms with E-state index in [-0.39, 0.29) is 16.7 Å². The van der Waals surface area contributed by atoms with Crippen molar-refractivity contribution < 1.29 is 17.9 Å². The molecule has 1 fully saturated rings. The first kappa shape index (κ1) is 17.1. The maximum absolute atomic E-state index is 12.8. The molecule has 2 heterocycles. The summed E-state index contributed by atoms with van der Waals surface area (Å²) in [6, 6.07) is 0. The van der Waals surface area contributed by atoms with Crippen molar-refractivity contribution in [1.29, 1.82) is 0 Å². The SMILES string of the molecule is Cc1nn(C(=O)CC(C)C)c(C)c1S(=O)(=O)N1CCOCC1. The van der Waals surface area contributed by atoms with E-state index in [9.17, 15) is 13.2 Å². The van der Waals surface area contributed by atoms with Gasteiger partial charge < -0.3 is 4.74 Å². The Bertz CT molecular complexity index is 658. The van der Waals surface area contributed by atoms with Crippen LogP contribution in [0.2, 0.25) is 0 Å². The topological polar surface area (TPSA) is 81.5 Å². The fraction of sp³-hybridized carbons (Fsp3) is 0.714. The Morgan fingerprint density at radius 1 is 1.27 bits per heavy atom. The van der Waals surface area contributed by atoms with Gasteiger partial charge in [-0.25, -0.2) is 13.1 Å². The average molecular weight is 329 g/mol. The number of nitrogens with zero attached hydrogens (tertiary/aromatic N) is 3. The van der Waals surface area contributed by atoms with Gasteiger partial charge >= 0.3 is 0 Å². The van der Waals surface area contributed by atoms with Crippen LogP contribution in [-0.2, 0) is 14.8 Å². The standard InChI is InChI=1S/C14H23N3O4S/c1-10(2)9-13(18)17-12(4)14(11(3)15-17)22(19,20)16-5-7-21-8-6-16/h10H,5-9H2,1-4H3. The number of sulfonamides is 1. The van der Waals surface area contributed by atoms with Crippen molar-refractivity contribution in [2.45, 2.75) is 39.0 Å². The Hall–Kier alpha value is -1.25. The third kappa shape index (κ3) is 3.23. The Labute approximate surface area is 131 Å². The van der Waals surface area contributed by atoms with Crippen molar-refractivity contribution in [2.24, 2.45) is 5.92 Å². The highest BCUT2D eigenvalue weighted by Crippen LogP contribution is 2.24. The summed E-state index contributed by atoms with van der Waals surface area (Å²) in [5.74, 6) is 0.00901. The summed E-state index contributed by atoms with van der Waals surface area (Å²) in [5.41, 5.74) is 0.746. The van der Waals surface area contributed by atoms with Crippen LogP contribution in [0.5, 0.6) is 0 Å². The predicted molar refractivity (Wildman–Crippen MR) is 81.4 cm³/mol. The number of rotatable bonds is 4. The van der Waals surface area contributed by atoms with E-state index in [4.69, 9.17) is 4.74 Å². The monoisotopic (exact) mass is 329 g/mol. The van der Waals surface area contributed by atoms with Gasteiger partial charge in [-0.3, -0.25) is 4.79 Å². The summed E-state index contributed by atoms with van der Waals surface area (Å²) >= 11 is 0. The molecule has 7 nitrogen and oxygen atoms in total. The number of aryl methyl sites for hydroxylation is 1. The molecular weight excluding hydrogens is 306 g/mol. The second-order valence-electron chi connectivity index (χ2n) is 5.92. The van der Waals surface area contributed by atoms with Gasteiger partial charge in [0, 0.05) is 19.5 Å². The summed E-state index contributed by atoms with van der Waals surface area (Å²) < 4.78 is 33.4. The van der Waals surface area contributed by atoms with Crippen molar-refractivity contribution in [3.8, 4) is 0 Å². The molecule has 124 valence electrons. The van der Waals surface area contributed by atoms with Gasteiger partial charge in [0.05, 0.1) is 24.6 Å². The highest BCUT2D eigenvalue weighted by atomic mass is 32.2. The predicted octanol–water partition coefficient (Wildman–Crippen LogP) is 1.21. The van der Waals surface area contributed by atoms with Gasteiger partial charge in [-0.1, -0.05) is 13.8 Å². The van der Waals surface area contributed by atoms with E-state index in [0.717, 1.165) is 0 Å². The molecule has 1 saturated heterocycles. The number of hydrogen-bond donors (Lipinski definition) is 0. The zero-order chi connectivity index (χ0) is 16.5. The molecule has 1 aromatic heterocycles. The lowest BCUT2D eigenvalue weighted by atomic mass is 10.1. The number of carbonyl (C=O) groups is 1. The second-order valence-corrected chi connectivity index (χ2v) is 7.79. The molecule has 0 saturated carbocycles. The molecule has 2 rings (SSSR count). The zero-order valence-corrected chi connectivity index (χ0v) is 14.3. The number of morpholine rings is 1. The van der Waals surface area contributed by atoms with Crippen LogP contribution in [0, 0.1) is 19.8 Å². The van der Waals surface area contributed by atoms with E-state index < -0.39 is 10.0 Å². The van der Waals surface area contributed by atoms with Gasteiger partial charge in [0.2, 0.25) is 15.9 Å². The fourth-order valence-electron chi connectivity index (χ4n) is 2.60. The minimum Gasteiger partial charge on any atom is -0.379 e. The number of carbonyl (C=O) groups excluding carboxylic acids is 1. The molecule has 1 aliphatic heterocycles. The van der Waals surface area contributed by atoms with Crippen LogP contribution in [0.4, 0.5) is 0 Å². The number of ether oxygens (including phenoxy) is 1. The summed E-state index contributed by atoms with van der Waals surface area (Å²) in [4.78, 5) is 12.4. The largest absolute Gasteiger partial charge is 0.379 e. The van der Waals surface area contributed by atoms with Crippen LogP contribution in [-0.4, -0.2) is 54.7 Å². The van der Waals surface area contributed by atoms with Gasteiger partial charge in [-0.15, -0.1) is 0 Å². The number of hydrogen-bond acceptors (Lipinski definition) is 5. The molecule has 1 aliphatic rings. The lowest BCUT2D eigenvalue weighted by Crippen LogP contribution is -2.41. The van der Waals surface area contributed by atoms with E-state index in [2.05, 4.69) is 5.10 Å². The lowest BCUT2D eigenvalue weighted by Gasteiger charge is -2.26. The summed E-state index contributed by atoms with van der Waals surface area (Å²) in [5, 5.41) is 4.15. The van der Waals surface area contributed by atoms with Crippen LogP contribution in [0.3, 0.4) is 0 Å². The van der Waals surface area contributed by atoms with Crippen LogP contribution in [0.15, 0.2) is 4.90 Å². The van der Waals surface area contributed by atoms with Gasteiger partial charge in [0.1, 0.15) is 4.90 Å². The first-order chi connectivity index (χ1) is 10.2. The zero-order valence-electron chi connectivity index (χ0n) is 13.5. The van der Waals surface area contributed by atoms with E-state index in [1.54, 1.807) is 13.8 Å². The maximum Gasteiger partial charge on any atom is 0.247 e. The second kappa shape index (κ2) is 6.47. The average Bonchev–Trinajstić information content (AvgIpc) is 2.75. The van der Waals surface area contributed by atoms with Crippen LogP contribution in [0.25, 0.3) is 0 Å². The molecule has 0 radical (unpaired) electrons. The lowest BCUT2D eigenvalue weighted by molar-refractivity contribution is 0.0730. The van der Waals surface area contributed by atoms with E-state index in [0.29, 0.717) is 44.1 Å². The summed E-state index contributed by atoms with van der Waals surface area (Å²) in [6.07, 6.45) is 0.332. The Balaban J connectivity index is 2.39. The smallest absolute Gasteiger partial charge is 0.247 e. The Kier molecular flexibility index (Phi) is 5.03. The van der Waals surface area contributed by atoms with Gasteiger partial charge in [0.15, 0.2) is 0 Å². The normalized spacial score (nSPS) is 17.1. The van der Waals surface area contributed by atoms with Crippen molar-refractivity contribution in [3.05, 3.63) is 11.4 Å². The first-order valence-electron chi connectivity index (χ1n) is 7.42. The fourth-order valence-corrected chi connectivity index (χ4v) is 4.36. The number of aromatic nitrogens is 2. The summed E-state index contributed by atoms with van der Waals surface area (Å²) in [7, 11) is -3.65. The molecule has 1 aromatic rings. The third-order valence-electron chi connectivity index (χ3n) is 3.61. The molecule has 0 unspecified atom stereocenters. The molecule has 0 N–H and O–H groups in total. The molecule has 0 aliphatic carbocycles.